The molecule has 116 valence electrons. The van der Waals surface area contributed by atoms with Crippen LogP contribution in [0.4, 0.5) is 20.7 Å². The Morgan fingerprint density at radius 2 is 1.57 bits per heavy atom. The maximum atomic E-state index is 13.3. The Labute approximate surface area is 126 Å². The predicted molar refractivity (Wildman–Crippen MR) is 76.3 cm³/mol. The molecular formula is C12H17ClF2N6. The molecule has 3 heterocycles. The molecule has 0 atom stereocenters. The molecule has 1 aromatic heterocycles. The van der Waals surface area contributed by atoms with Crippen molar-refractivity contribution in [3.05, 3.63) is 5.28 Å². The smallest absolute Gasteiger partial charge is 0.267 e. The first-order valence-electron chi connectivity index (χ1n) is 6.91. The van der Waals surface area contributed by atoms with Crippen molar-refractivity contribution in [1.29, 1.82) is 0 Å². The molecule has 0 spiro atoms. The Hall–Kier alpha value is -1.28. The fourth-order valence-corrected chi connectivity index (χ4v) is 2.68. The van der Waals surface area contributed by atoms with E-state index in [1.54, 1.807) is 0 Å². The third-order valence-electron chi connectivity index (χ3n) is 3.82. The molecule has 21 heavy (non-hydrogen) atoms. The molecule has 0 aliphatic carbocycles. The van der Waals surface area contributed by atoms with Crippen molar-refractivity contribution in [3.63, 3.8) is 0 Å². The zero-order valence-corrected chi connectivity index (χ0v) is 12.5. The van der Waals surface area contributed by atoms with E-state index < -0.39 is 5.92 Å². The normalized spacial score (nSPS) is 22.9. The van der Waals surface area contributed by atoms with Gasteiger partial charge in [-0.3, -0.25) is 0 Å². The van der Waals surface area contributed by atoms with Gasteiger partial charge in [0.05, 0.1) is 6.54 Å². The van der Waals surface area contributed by atoms with E-state index in [4.69, 9.17) is 11.6 Å². The quantitative estimate of drug-likeness (QED) is 0.814. The Kier molecular flexibility index (Phi) is 3.83. The van der Waals surface area contributed by atoms with E-state index in [2.05, 4.69) is 26.9 Å². The van der Waals surface area contributed by atoms with Crippen molar-refractivity contribution in [2.24, 2.45) is 0 Å². The summed E-state index contributed by atoms with van der Waals surface area (Å²) in [7, 11) is 2.05. The van der Waals surface area contributed by atoms with Gasteiger partial charge in [-0.2, -0.15) is 15.0 Å². The third kappa shape index (κ3) is 3.32. The standard InChI is InChI=1S/C12H17ClF2N6/c1-19-4-6-20(7-5-19)10-16-9(13)17-11(18-10)21-3-2-12(14,15)8-21/h2-8H2,1H3. The largest absolute Gasteiger partial charge is 0.338 e. The predicted octanol–water partition coefficient (Wildman–Crippen LogP) is 1.12. The average Bonchev–Trinajstić information content (AvgIpc) is 2.79. The second kappa shape index (κ2) is 5.49. The zero-order valence-electron chi connectivity index (χ0n) is 11.8. The van der Waals surface area contributed by atoms with Crippen LogP contribution in [0.2, 0.25) is 5.28 Å². The van der Waals surface area contributed by atoms with Crippen molar-refractivity contribution in [1.82, 2.24) is 19.9 Å². The van der Waals surface area contributed by atoms with Crippen LogP contribution in [0.15, 0.2) is 0 Å². The molecular weight excluding hydrogens is 302 g/mol. The van der Waals surface area contributed by atoms with Gasteiger partial charge < -0.3 is 14.7 Å². The number of aromatic nitrogens is 3. The lowest BCUT2D eigenvalue weighted by atomic mass is 10.3. The summed E-state index contributed by atoms with van der Waals surface area (Å²) in [5, 5.41) is 0.0455. The maximum absolute atomic E-state index is 13.3. The van der Waals surface area contributed by atoms with Crippen molar-refractivity contribution in [3.8, 4) is 0 Å². The first-order valence-corrected chi connectivity index (χ1v) is 7.29. The van der Waals surface area contributed by atoms with Crippen LogP contribution in [0.3, 0.4) is 0 Å². The summed E-state index contributed by atoms with van der Waals surface area (Å²) in [5.74, 6) is -1.98. The highest BCUT2D eigenvalue weighted by Crippen LogP contribution is 2.30. The Balaban J connectivity index is 1.80. The fourth-order valence-electron chi connectivity index (χ4n) is 2.53. The topological polar surface area (TPSA) is 48.4 Å². The second-order valence-electron chi connectivity index (χ2n) is 5.52. The van der Waals surface area contributed by atoms with Gasteiger partial charge in [0.25, 0.3) is 5.92 Å². The zero-order chi connectivity index (χ0) is 15.0. The molecule has 2 aliphatic heterocycles. The molecule has 0 unspecified atom stereocenters. The highest BCUT2D eigenvalue weighted by Gasteiger charge is 2.39. The van der Waals surface area contributed by atoms with E-state index in [1.165, 1.54) is 4.90 Å². The van der Waals surface area contributed by atoms with Gasteiger partial charge >= 0.3 is 0 Å². The number of alkyl halides is 2. The minimum absolute atomic E-state index is 0.0455. The number of anilines is 2. The highest BCUT2D eigenvalue weighted by atomic mass is 35.5. The first kappa shape index (κ1) is 14.6. The van der Waals surface area contributed by atoms with E-state index in [9.17, 15) is 8.78 Å². The minimum atomic E-state index is -2.69. The van der Waals surface area contributed by atoms with Crippen molar-refractivity contribution >= 4 is 23.5 Å². The number of nitrogens with zero attached hydrogens (tertiary/aromatic N) is 6. The van der Waals surface area contributed by atoms with Crippen LogP contribution in [0, 0.1) is 0 Å². The number of hydrogen-bond acceptors (Lipinski definition) is 6. The Morgan fingerprint density at radius 3 is 2.14 bits per heavy atom. The van der Waals surface area contributed by atoms with Crippen LogP contribution in [-0.4, -0.2) is 72.1 Å². The van der Waals surface area contributed by atoms with Crippen LogP contribution >= 0.6 is 11.6 Å². The summed E-state index contributed by atoms with van der Waals surface area (Å²) in [5.41, 5.74) is 0. The van der Waals surface area contributed by atoms with Gasteiger partial charge in [-0.15, -0.1) is 0 Å². The molecule has 2 saturated heterocycles. The molecule has 1 aromatic rings. The van der Waals surface area contributed by atoms with Gasteiger partial charge in [0.1, 0.15) is 0 Å². The lowest BCUT2D eigenvalue weighted by Crippen LogP contribution is -2.45. The van der Waals surface area contributed by atoms with Crippen LogP contribution in [-0.2, 0) is 0 Å². The van der Waals surface area contributed by atoms with Gasteiger partial charge in [-0.1, -0.05) is 0 Å². The monoisotopic (exact) mass is 318 g/mol. The molecule has 0 bridgehead atoms. The fraction of sp³-hybridized carbons (Fsp3) is 0.750. The van der Waals surface area contributed by atoms with Crippen molar-refractivity contribution in [2.75, 3.05) is 56.1 Å². The highest BCUT2D eigenvalue weighted by molar-refractivity contribution is 6.28. The molecule has 9 heteroatoms. The van der Waals surface area contributed by atoms with Gasteiger partial charge in [0, 0.05) is 39.1 Å². The summed E-state index contributed by atoms with van der Waals surface area (Å²) < 4.78 is 26.6. The van der Waals surface area contributed by atoms with E-state index >= 15 is 0 Å². The van der Waals surface area contributed by atoms with E-state index in [0.29, 0.717) is 5.95 Å². The second-order valence-corrected chi connectivity index (χ2v) is 5.86. The van der Waals surface area contributed by atoms with Gasteiger partial charge in [-0.05, 0) is 18.6 Å². The summed E-state index contributed by atoms with van der Waals surface area (Å²) in [6.07, 6.45) is -0.180. The van der Waals surface area contributed by atoms with Gasteiger partial charge in [0.2, 0.25) is 17.2 Å². The number of halogens is 3. The lowest BCUT2D eigenvalue weighted by Gasteiger charge is -2.32. The molecule has 0 N–H and O–H groups in total. The van der Waals surface area contributed by atoms with Gasteiger partial charge in [0.15, 0.2) is 0 Å². The Morgan fingerprint density at radius 1 is 0.952 bits per heavy atom. The molecule has 2 aliphatic rings. The lowest BCUT2D eigenvalue weighted by molar-refractivity contribution is 0.0256. The SMILES string of the molecule is CN1CCN(c2nc(Cl)nc(N3CCC(F)(F)C3)n2)CC1. The van der Waals surface area contributed by atoms with Crippen LogP contribution in [0.25, 0.3) is 0 Å². The average molecular weight is 319 g/mol. The summed E-state index contributed by atoms with van der Waals surface area (Å²) in [6, 6.07) is 0. The van der Waals surface area contributed by atoms with Crippen LogP contribution in [0.5, 0.6) is 0 Å². The number of piperazine rings is 1. The summed E-state index contributed by atoms with van der Waals surface area (Å²) >= 11 is 5.93. The molecule has 6 nitrogen and oxygen atoms in total. The van der Waals surface area contributed by atoms with E-state index in [0.717, 1.165) is 26.2 Å². The maximum Gasteiger partial charge on any atom is 0.267 e. The van der Waals surface area contributed by atoms with E-state index in [1.807, 2.05) is 4.90 Å². The molecule has 0 aromatic carbocycles. The van der Waals surface area contributed by atoms with E-state index in [-0.39, 0.29) is 30.7 Å². The third-order valence-corrected chi connectivity index (χ3v) is 3.99. The van der Waals surface area contributed by atoms with Crippen molar-refractivity contribution in [2.45, 2.75) is 12.3 Å². The van der Waals surface area contributed by atoms with Crippen LogP contribution in [0.1, 0.15) is 6.42 Å². The number of hydrogen-bond donors (Lipinski definition) is 0. The van der Waals surface area contributed by atoms with Gasteiger partial charge in [-0.25, -0.2) is 8.78 Å². The number of rotatable bonds is 2. The molecule has 2 fully saturated rings. The first-order chi connectivity index (χ1) is 9.93. The molecule has 0 saturated carbocycles. The summed E-state index contributed by atoms with van der Waals surface area (Å²) in [4.78, 5) is 18.1. The Bertz CT molecular complexity index is 520. The van der Waals surface area contributed by atoms with Crippen LogP contribution < -0.4 is 9.80 Å². The molecule has 3 rings (SSSR count). The molecule has 0 amide bonds. The summed E-state index contributed by atoms with van der Waals surface area (Å²) in [6.45, 7) is 3.24. The molecule has 0 radical (unpaired) electrons. The number of likely N-dealkylation sites (N-methyl/N-ethyl adjacent to an activating group) is 1. The minimum Gasteiger partial charge on any atom is -0.338 e. The van der Waals surface area contributed by atoms with Crippen molar-refractivity contribution < 1.29 is 8.78 Å².